The molecular weight excluding hydrogens is 449 g/mol. The van der Waals surface area contributed by atoms with Crippen molar-refractivity contribution in [3.8, 4) is 0 Å². The van der Waals surface area contributed by atoms with Crippen LogP contribution in [0, 0.1) is 10.8 Å². The van der Waals surface area contributed by atoms with Gasteiger partial charge in [0.1, 0.15) is 5.82 Å². The molecule has 34 heavy (non-hydrogen) atoms. The summed E-state index contributed by atoms with van der Waals surface area (Å²) in [6, 6.07) is 0.125. The van der Waals surface area contributed by atoms with Gasteiger partial charge < -0.3 is 9.80 Å². The van der Waals surface area contributed by atoms with Gasteiger partial charge in [-0.05, 0) is 25.7 Å². The van der Waals surface area contributed by atoms with E-state index in [1.807, 2.05) is 9.80 Å². The van der Waals surface area contributed by atoms with Crippen LogP contribution in [0.4, 0.5) is 18.0 Å². The number of rotatable bonds is 4. The molecule has 3 aliphatic heterocycles. The molecule has 2 aromatic heterocycles. The minimum absolute atomic E-state index is 0.0444. The zero-order chi connectivity index (χ0) is 23.3. The van der Waals surface area contributed by atoms with Crippen LogP contribution in [0.25, 0.3) is 0 Å². The Labute approximate surface area is 194 Å². The van der Waals surface area contributed by atoms with E-state index in [1.54, 1.807) is 0 Å². The first kappa shape index (κ1) is 20.7. The molecule has 0 atom stereocenters. The fourth-order valence-corrected chi connectivity index (χ4v) is 6.48. The molecule has 0 unspecified atom stereocenters. The fraction of sp³-hybridized carbons (Fsp3) is 0.727. The van der Waals surface area contributed by atoms with Crippen molar-refractivity contribution >= 4 is 6.03 Å². The smallest absolute Gasteiger partial charge is 0.323 e. The first-order valence-electron chi connectivity index (χ1n) is 12.0. The van der Waals surface area contributed by atoms with Crippen LogP contribution in [0.2, 0.25) is 0 Å². The standard InChI is InChI=1S/C22H27F3N8O/c23-22(24,25)33-7-14(5-26-33)6-30-8-21(9-30)12-32(13-21)19(34)31-10-20(11-31)3-16(4-20)18-27-17(28-29-18)15-1-2-15/h5,7,15-16H,1-4,6,8-13H2,(H,27,28,29). The van der Waals surface area contributed by atoms with E-state index < -0.39 is 6.30 Å². The van der Waals surface area contributed by atoms with E-state index in [4.69, 9.17) is 0 Å². The average molecular weight is 477 g/mol. The number of aromatic nitrogens is 5. The Balaban J connectivity index is 0.844. The normalized spacial score (nSPS) is 25.7. The van der Waals surface area contributed by atoms with E-state index in [0.717, 1.165) is 70.0 Å². The molecule has 2 aromatic rings. The largest absolute Gasteiger partial charge is 0.504 e. The van der Waals surface area contributed by atoms with Crippen LogP contribution in [0.1, 0.15) is 54.7 Å². The Morgan fingerprint density at radius 1 is 1.03 bits per heavy atom. The minimum Gasteiger partial charge on any atom is -0.323 e. The van der Waals surface area contributed by atoms with Gasteiger partial charge in [-0.25, -0.2) is 9.78 Å². The van der Waals surface area contributed by atoms with Gasteiger partial charge in [0.05, 0.1) is 6.20 Å². The number of amides is 2. The highest BCUT2D eigenvalue weighted by atomic mass is 19.4. The molecule has 12 heteroatoms. The van der Waals surface area contributed by atoms with Gasteiger partial charge in [0.25, 0.3) is 0 Å². The van der Waals surface area contributed by atoms with Gasteiger partial charge in [0.15, 0.2) is 5.82 Å². The van der Waals surface area contributed by atoms with Crippen molar-refractivity contribution < 1.29 is 18.0 Å². The summed E-state index contributed by atoms with van der Waals surface area (Å²) >= 11 is 0. The third kappa shape index (κ3) is 3.32. The number of aromatic amines is 1. The number of halogens is 3. The molecular formula is C22H27F3N8O. The van der Waals surface area contributed by atoms with Crippen molar-refractivity contribution in [2.45, 2.75) is 50.4 Å². The molecule has 0 bridgehead atoms. The van der Waals surface area contributed by atoms with Crippen LogP contribution in [0.5, 0.6) is 0 Å². The number of hydrogen-bond acceptors (Lipinski definition) is 5. The lowest BCUT2D eigenvalue weighted by molar-refractivity contribution is -0.212. The van der Waals surface area contributed by atoms with Gasteiger partial charge in [-0.1, -0.05) is 0 Å². The van der Waals surface area contributed by atoms with E-state index in [2.05, 4.69) is 25.2 Å². The summed E-state index contributed by atoms with van der Waals surface area (Å²) in [5.41, 5.74) is 0.910. The molecule has 2 saturated carbocycles. The molecule has 0 aromatic carbocycles. The molecule has 7 rings (SSSR count). The second-order valence-corrected chi connectivity index (χ2v) is 11.4. The van der Waals surface area contributed by atoms with Gasteiger partial charge in [-0.2, -0.15) is 14.9 Å². The maximum atomic E-state index is 12.9. The van der Waals surface area contributed by atoms with E-state index in [-0.39, 0.29) is 21.5 Å². The zero-order valence-corrected chi connectivity index (χ0v) is 18.8. The van der Waals surface area contributed by atoms with Crippen molar-refractivity contribution in [3.05, 3.63) is 29.6 Å². The third-order valence-corrected chi connectivity index (χ3v) is 8.27. The number of H-pyrrole nitrogens is 1. The SMILES string of the molecule is O=C(N1CC2(CC(c3nc(C4CC4)n[nH]3)C2)C1)N1CC2(CN(Cc3cnn(C(F)(F)F)c3)C2)C1. The van der Waals surface area contributed by atoms with Crippen molar-refractivity contribution in [3.63, 3.8) is 0 Å². The van der Waals surface area contributed by atoms with E-state index in [1.165, 1.54) is 19.0 Å². The summed E-state index contributed by atoms with van der Waals surface area (Å²) in [7, 11) is 0. The predicted molar refractivity (Wildman–Crippen MR) is 113 cm³/mol. The molecule has 2 spiro atoms. The lowest BCUT2D eigenvalue weighted by atomic mass is 9.57. The van der Waals surface area contributed by atoms with Crippen molar-refractivity contribution in [2.75, 3.05) is 39.3 Å². The molecule has 5 heterocycles. The molecule has 1 N–H and O–H groups in total. The summed E-state index contributed by atoms with van der Waals surface area (Å²) < 4.78 is 38.1. The number of hydrogen-bond donors (Lipinski definition) is 1. The van der Waals surface area contributed by atoms with E-state index in [9.17, 15) is 18.0 Å². The first-order valence-corrected chi connectivity index (χ1v) is 12.0. The fourth-order valence-electron chi connectivity index (χ4n) is 6.48. The summed E-state index contributed by atoms with van der Waals surface area (Å²) in [5.74, 6) is 2.99. The molecule has 5 aliphatic rings. The van der Waals surface area contributed by atoms with Crippen molar-refractivity contribution in [1.82, 2.24) is 39.7 Å². The topological polar surface area (TPSA) is 86.2 Å². The van der Waals surface area contributed by atoms with Crippen molar-refractivity contribution in [1.29, 1.82) is 0 Å². The van der Waals surface area contributed by atoms with E-state index >= 15 is 0 Å². The quantitative estimate of drug-likeness (QED) is 0.733. The zero-order valence-electron chi connectivity index (χ0n) is 18.8. The van der Waals surface area contributed by atoms with Gasteiger partial charge in [0.2, 0.25) is 0 Å². The molecule has 2 amide bonds. The van der Waals surface area contributed by atoms with Gasteiger partial charge in [0, 0.05) is 80.2 Å². The number of likely N-dealkylation sites (tertiary alicyclic amines) is 3. The summed E-state index contributed by atoms with van der Waals surface area (Å²) in [4.78, 5) is 23.5. The Morgan fingerprint density at radius 3 is 2.32 bits per heavy atom. The highest BCUT2D eigenvalue weighted by Crippen LogP contribution is 2.56. The van der Waals surface area contributed by atoms with Gasteiger partial charge in [-0.3, -0.25) is 10.00 Å². The lowest BCUT2D eigenvalue weighted by Crippen LogP contribution is -2.75. The van der Waals surface area contributed by atoms with Crippen LogP contribution in [0.3, 0.4) is 0 Å². The van der Waals surface area contributed by atoms with Crippen LogP contribution in [-0.4, -0.2) is 85.0 Å². The third-order valence-electron chi connectivity index (χ3n) is 8.27. The van der Waals surface area contributed by atoms with E-state index in [0.29, 0.717) is 23.9 Å². The Kier molecular flexibility index (Phi) is 4.10. The van der Waals surface area contributed by atoms with Crippen LogP contribution < -0.4 is 0 Å². The van der Waals surface area contributed by atoms with Gasteiger partial charge in [-0.15, -0.1) is 13.2 Å². The maximum Gasteiger partial charge on any atom is 0.504 e. The maximum absolute atomic E-state index is 12.9. The molecule has 3 saturated heterocycles. The number of carbonyl (C=O) groups excluding carboxylic acids is 1. The lowest BCUT2D eigenvalue weighted by Gasteiger charge is -2.63. The number of urea groups is 1. The van der Waals surface area contributed by atoms with Crippen molar-refractivity contribution in [2.24, 2.45) is 10.8 Å². The second kappa shape index (κ2) is 6.73. The van der Waals surface area contributed by atoms with Crippen LogP contribution >= 0.6 is 0 Å². The average Bonchev–Trinajstić information content (AvgIpc) is 3.19. The molecule has 0 radical (unpaired) electrons. The van der Waals surface area contributed by atoms with Crippen LogP contribution in [-0.2, 0) is 12.8 Å². The summed E-state index contributed by atoms with van der Waals surface area (Å²) in [5, 5.41) is 10.9. The van der Waals surface area contributed by atoms with Gasteiger partial charge >= 0.3 is 12.3 Å². The van der Waals surface area contributed by atoms with Crippen LogP contribution in [0.15, 0.2) is 12.4 Å². The number of alkyl halides is 3. The molecule has 2 aliphatic carbocycles. The number of nitrogens with zero attached hydrogens (tertiary/aromatic N) is 7. The number of carbonyl (C=O) groups is 1. The summed E-state index contributed by atoms with van der Waals surface area (Å²) in [6.07, 6.45) is 2.38. The highest BCUT2D eigenvalue weighted by Gasteiger charge is 2.58. The Hall–Kier alpha value is -2.63. The summed E-state index contributed by atoms with van der Waals surface area (Å²) in [6.45, 7) is 5.18. The molecule has 9 nitrogen and oxygen atoms in total. The highest BCUT2D eigenvalue weighted by molar-refractivity contribution is 5.77. The second-order valence-electron chi connectivity index (χ2n) is 11.4. The monoisotopic (exact) mass is 476 g/mol. The molecule has 182 valence electrons. The first-order chi connectivity index (χ1) is 16.2. The predicted octanol–water partition coefficient (Wildman–Crippen LogP) is 2.47. The Bertz CT molecular complexity index is 1110. The number of nitrogens with one attached hydrogen (secondary N) is 1. The minimum atomic E-state index is -4.48. The molecule has 5 fully saturated rings. The Morgan fingerprint density at radius 2 is 1.71 bits per heavy atom.